The zero-order valence-electron chi connectivity index (χ0n) is 7.93. The van der Waals surface area contributed by atoms with Crippen LogP contribution in [0.25, 0.3) is 0 Å². The Kier molecular flexibility index (Phi) is 2.74. The van der Waals surface area contributed by atoms with Crippen LogP contribution in [0.15, 0.2) is 15.9 Å². The third-order valence-electron chi connectivity index (χ3n) is 2.77. The first-order valence-corrected chi connectivity index (χ1v) is 6.24. The van der Waals surface area contributed by atoms with Gasteiger partial charge in [-0.3, -0.25) is 9.80 Å². The lowest BCUT2D eigenvalue weighted by molar-refractivity contribution is -1.06. The molecule has 2 rings (SSSR count). The lowest BCUT2D eigenvalue weighted by Crippen LogP contribution is -3.20. The van der Waals surface area contributed by atoms with Gasteiger partial charge in [0, 0.05) is 9.85 Å². The highest BCUT2D eigenvalue weighted by Crippen LogP contribution is 2.22. The van der Waals surface area contributed by atoms with Crippen LogP contribution in [-0.4, -0.2) is 27.2 Å². The zero-order valence-corrected chi connectivity index (χ0v) is 10.3. The number of rotatable bonds is 1. The standard InChI is InChI=1S/C9H13BrN2S/c1-11-3-4-12(2)9(11)8-5-7(10)6-13-8/h5-6,9H,3-4H2,1-2H3/p+2. The maximum atomic E-state index is 3.51. The summed E-state index contributed by atoms with van der Waals surface area (Å²) >= 11 is 5.38. The molecule has 1 aliphatic rings. The van der Waals surface area contributed by atoms with Crippen LogP contribution >= 0.6 is 27.3 Å². The van der Waals surface area contributed by atoms with Gasteiger partial charge in [0.2, 0.25) is 6.17 Å². The predicted molar refractivity (Wildman–Crippen MR) is 58.3 cm³/mol. The van der Waals surface area contributed by atoms with Crippen LogP contribution < -0.4 is 9.80 Å². The van der Waals surface area contributed by atoms with Gasteiger partial charge in [-0.15, -0.1) is 11.3 Å². The molecule has 4 heteroatoms. The maximum Gasteiger partial charge on any atom is 0.249 e. The van der Waals surface area contributed by atoms with E-state index in [9.17, 15) is 0 Å². The summed E-state index contributed by atoms with van der Waals surface area (Å²) in [5.74, 6) is 0. The number of thiophene rings is 1. The molecule has 2 unspecified atom stereocenters. The Labute approximate surface area is 91.3 Å². The molecule has 0 bridgehead atoms. The van der Waals surface area contributed by atoms with Gasteiger partial charge in [0.05, 0.1) is 14.1 Å². The van der Waals surface area contributed by atoms with E-state index in [1.54, 1.807) is 9.80 Å². The average Bonchev–Trinajstić information content (AvgIpc) is 2.60. The Morgan fingerprint density at radius 3 is 2.46 bits per heavy atom. The summed E-state index contributed by atoms with van der Waals surface area (Å²) in [6, 6.07) is 2.26. The third kappa shape index (κ3) is 1.81. The normalized spacial score (nSPS) is 33.9. The molecule has 1 fully saturated rings. The van der Waals surface area contributed by atoms with Crippen LogP contribution in [-0.2, 0) is 0 Å². The molecular formula is C9H15BrN2S+2. The highest BCUT2D eigenvalue weighted by molar-refractivity contribution is 9.10. The van der Waals surface area contributed by atoms with Crippen molar-refractivity contribution < 1.29 is 9.80 Å². The largest absolute Gasteiger partial charge is 0.279 e. The van der Waals surface area contributed by atoms with Crippen molar-refractivity contribution in [2.45, 2.75) is 6.17 Å². The molecule has 0 aromatic carbocycles. The number of nitrogens with one attached hydrogen (secondary N) is 2. The molecule has 1 saturated heterocycles. The molecule has 2 heterocycles. The minimum Gasteiger partial charge on any atom is -0.279 e. The molecule has 0 aliphatic carbocycles. The first-order valence-electron chi connectivity index (χ1n) is 4.57. The van der Waals surface area contributed by atoms with Crippen molar-refractivity contribution in [1.82, 2.24) is 0 Å². The number of quaternary nitrogens is 2. The van der Waals surface area contributed by atoms with E-state index in [1.165, 1.54) is 22.4 Å². The molecule has 2 atom stereocenters. The van der Waals surface area contributed by atoms with E-state index < -0.39 is 0 Å². The van der Waals surface area contributed by atoms with E-state index >= 15 is 0 Å². The number of hydrogen-bond acceptors (Lipinski definition) is 1. The SMILES string of the molecule is C[NH+]1CC[NH+](C)C1c1cc(Br)cs1. The topological polar surface area (TPSA) is 8.88 Å². The summed E-state index contributed by atoms with van der Waals surface area (Å²) in [4.78, 5) is 4.76. The molecule has 72 valence electrons. The Bertz CT molecular complexity index is 290. The highest BCUT2D eigenvalue weighted by atomic mass is 79.9. The van der Waals surface area contributed by atoms with Gasteiger partial charge in [0.25, 0.3) is 0 Å². The number of likely N-dealkylation sites (N-methyl/N-ethyl adjacent to an activating group) is 2. The summed E-state index contributed by atoms with van der Waals surface area (Å²) in [6.45, 7) is 2.57. The predicted octanol–water partition coefficient (Wildman–Crippen LogP) is -0.448. The van der Waals surface area contributed by atoms with Crippen molar-refractivity contribution in [1.29, 1.82) is 0 Å². The molecule has 0 amide bonds. The summed E-state index contributed by atoms with van der Waals surface area (Å²) in [6.07, 6.45) is 0.649. The fraction of sp³-hybridized carbons (Fsp3) is 0.556. The average molecular weight is 263 g/mol. The molecule has 2 N–H and O–H groups in total. The van der Waals surface area contributed by atoms with Crippen molar-refractivity contribution in [3.63, 3.8) is 0 Å². The number of hydrogen-bond donors (Lipinski definition) is 2. The van der Waals surface area contributed by atoms with Crippen LogP contribution in [0.1, 0.15) is 11.0 Å². The maximum absolute atomic E-state index is 3.51. The first kappa shape index (κ1) is 9.65. The van der Waals surface area contributed by atoms with Crippen molar-refractivity contribution in [2.75, 3.05) is 27.2 Å². The second-order valence-corrected chi connectivity index (χ2v) is 5.65. The molecule has 13 heavy (non-hydrogen) atoms. The van der Waals surface area contributed by atoms with Crippen LogP contribution in [0.4, 0.5) is 0 Å². The Hall–Kier alpha value is 0.1000. The first-order chi connectivity index (χ1) is 6.18. The minimum absolute atomic E-state index is 0.649. The van der Waals surface area contributed by atoms with E-state index in [4.69, 9.17) is 0 Å². The summed E-state index contributed by atoms with van der Waals surface area (Å²) in [5, 5.41) is 2.17. The van der Waals surface area contributed by atoms with Crippen LogP contribution in [0.2, 0.25) is 0 Å². The number of halogens is 1. The van der Waals surface area contributed by atoms with Crippen molar-refractivity contribution in [3.8, 4) is 0 Å². The van der Waals surface area contributed by atoms with Crippen molar-refractivity contribution in [3.05, 3.63) is 20.8 Å². The van der Waals surface area contributed by atoms with Gasteiger partial charge in [-0.25, -0.2) is 0 Å². The van der Waals surface area contributed by atoms with E-state index in [-0.39, 0.29) is 0 Å². The van der Waals surface area contributed by atoms with Crippen LogP contribution in [0, 0.1) is 0 Å². The fourth-order valence-electron chi connectivity index (χ4n) is 2.07. The fourth-order valence-corrected chi connectivity index (χ4v) is 3.80. The lowest BCUT2D eigenvalue weighted by atomic mass is 10.3. The Morgan fingerprint density at radius 1 is 1.38 bits per heavy atom. The summed E-state index contributed by atoms with van der Waals surface area (Å²) in [7, 11) is 4.57. The van der Waals surface area contributed by atoms with Gasteiger partial charge in [0.15, 0.2) is 0 Å². The van der Waals surface area contributed by atoms with Crippen molar-refractivity contribution in [2.24, 2.45) is 0 Å². The minimum atomic E-state index is 0.649. The smallest absolute Gasteiger partial charge is 0.249 e. The molecular weight excluding hydrogens is 248 g/mol. The van der Waals surface area contributed by atoms with Crippen molar-refractivity contribution >= 4 is 27.3 Å². The van der Waals surface area contributed by atoms with Gasteiger partial charge in [-0.05, 0) is 22.0 Å². The van der Waals surface area contributed by atoms with Gasteiger partial charge in [0.1, 0.15) is 18.0 Å². The highest BCUT2D eigenvalue weighted by Gasteiger charge is 2.36. The molecule has 0 radical (unpaired) electrons. The Morgan fingerprint density at radius 2 is 2.00 bits per heavy atom. The third-order valence-corrected chi connectivity index (χ3v) is 4.53. The molecule has 1 aromatic rings. The van der Waals surface area contributed by atoms with E-state index in [0.29, 0.717) is 6.17 Å². The second-order valence-electron chi connectivity index (χ2n) is 3.79. The van der Waals surface area contributed by atoms with Crippen LogP contribution in [0.5, 0.6) is 0 Å². The summed E-state index contributed by atoms with van der Waals surface area (Å²) in [5.41, 5.74) is 0. The van der Waals surface area contributed by atoms with Gasteiger partial charge in [-0.2, -0.15) is 0 Å². The van der Waals surface area contributed by atoms with Gasteiger partial charge in [-0.1, -0.05) is 0 Å². The Balaban J connectivity index is 2.24. The monoisotopic (exact) mass is 262 g/mol. The quantitative estimate of drug-likeness (QED) is 0.679. The zero-order chi connectivity index (χ0) is 9.42. The molecule has 2 nitrogen and oxygen atoms in total. The van der Waals surface area contributed by atoms with E-state index in [2.05, 4.69) is 41.5 Å². The van der Waals surface area contributed by atoms with Crippen LogP contribution in [0.3, 0.4) is 0 Å². The van der Waals surface area contributed by atoms with Gasteiger partial charge < -0.3 is 0 Å². The molecule has 1 aromatic heterocycles. The second kappa shape index (κ2) is 3.69. The molecule has 0 saturated carbocycles. The summed E-state index contributed by atoms with van der Waals surface area (Å²) < 4.78 is 1.22. The van der Waals surface area contributed by atoms with E-state index in [0.717, 1.165) is 0 Å². The molecule has 1 aliphatic heterocycles. The van der Waals surface area contributed by atoms with Gasteiger partial charge >= 0.3 is 0 Å². The van der Waals surface area contributed by atoms with E-state index in [1.807, 2.05) is 11.3 Å². The molecule has 0 spiro atoms. The lowest BCUT2D eigenvalue weighted by Gasteiger charge is -2.16.